The molecule has 0 saturated carbocycles. The molecule has 0 fully saturated rings. The van der Waals surface area contributed by atoms with E-state index in [4.69, 9.17) is 0 Å². The molecule has 2 amide bonds. The Labute approximate surface area is 111 Å². The van der Waals surface area contributed by atoms with E-state index < -0.39 is 59.4 Å². The van der Waals surface area contributed by atoms with E-state index in [1.807, 2.05) is 0 Å². The second-order valence-corrected chi connectivity index (χ2v) is 3.99. The fourth-order valence-corrected chi connectivity index (χ4v) is 1.63. The maximum Gasteiger partial charge on any atom is 0.226 e. The summed E-state index contributed by atoms with van der Waals surface area (Å²) < 4.78 is 65.4. The first kappa shape index (κ1) is 16.1. The van der Waals surface area contributed by atoms with Crippen LogP contribution in [0.25, 0.3) is 0 Å². The lowest BCUT2D eigenvalue weighted by Gasteiger charge is -2.17. The van der Waals surface area contributed by atoms with Gasteiger partial charge in [-0.1, -0.05) is 0 Å². The third kappa shape index (κ3) is 2.94. The summed E-state index contributed by atoms with van der Waals surface area (Å²) in [5, 5.41) is 0. The molecule has 0 aliphatic heterocycles. The lowest BCUT2D eigenvalue weighted by atomic mass is 10.1. The molecular weight excluding hydrogens is 285 g/mol. The summed E-state index contributed by atoms with van der Waals surface area (Å²) in [5.74, 6) is -11.7. The largest absolute Gasteiger partial charge is 0.283 e. The Balaban J connectivity index is 3.11. The molecule has 110 valence electrons. The molecule has 0 saturated heterocycles. The summed E-state index contributed by atoms with van der Waals surface area (Å²) in [6.07, 6.45) is -0.676. The lowest BCUT2D eigenvalue weighted by molar-refractivity contribution is -0.142. The van der Waals surface area contributed by atoms with Crippen molar-refractivity contribution in [3.05, 3.63) is 34.6 Å². The number of rotatable bonds is 3. The Hall–Kier alpha value is -1.99. The van der Waals surface area contributed by atoms with Crippen molar-refractivity contribution in [2.45, 2.75) is 20.3 Å². The van der Waals surface area contributed by atoms with Crippen LogP contribution in [-0.4, -0.2) is 23.3 Å². The molecule has 0 bridgehead atoms. The zero-order chi connectivity index (χ0) is 15.6. The Morgan fingerprint density at radius 2 is 1.15 bits per heavy atom. The number of carbonyl (C=O) groups is 2. The summed E-state index contributed by atoms with van der Waals surface area (Å²) in [6.45, 7) is 1.60. The van der Waals surface area contributed by atoms with Crippen LogP contribution in [0.4, 0.5) is 22.0 Å². The van der Waals surface area contributed by atoms with Gasteiger partial charge in [-0.2, -0.15) is 0 Å². The monoisotopic (exact) mass is 295 g/mol. The van der Waals surface area contributed by atoms with Crippen LogP contribution in [0.1, 0.15) is 19.4 Å². The van der Waals surface area contributed by atoms with E-state index in [2.05, 4.69) is 0 Å². The second-order valence-electron chi connectivity index (χ2n) is 3.99. The first-order valence-corrected chi connectivity index (χ1v) is 5.47. The van der Waals surface area contributed by atoms with Crippen LogP contribution >= 0.6 is 0 Å². The number of hydrogen-bond donors (Lipinski definition) is 0. The first-order valence-electron chi connectivity index (χ1n) is 5.47. The minimum Gasteiger partial charge on any atom is -0.283 e. The molecule has 3 nitrogen and oxygen atoms in total. The highest BCUT2D eigenvalue weighted by molar-refractivity contribution is 5.92. The van der Waals surface area contributed by atoms with Gasteiger partial charge in [0.2, 0.25) is 17.6 Å². The Bertz CT molecular complexity index is 530. The van der Waals surface area contributed by atoms with Gasteiger partial charge in [-0.3, -0.25) is 14.5 Å². The molecule has 8 heteroatoms. The van der Waals surface area contributed by atoms with Gasteiger partial charge < -0.3 is 0 Å². The fourth-order valence-electron chi connectivity index (χ4n) is 1.63. The number of imide groups is 1. The van der Waals surface area contributed by atoms with Gasteiger partial charge >= 0.3 is 0 Å². The molecule has 0 spiro atoms. The van der Waals surface area contributed by atoms with Gasteiger partial charge in [0.05, 0.1) is 0 Å². The van der Waals surface area contributed by atoms with Crippen molar-refractivity contribution in [3.63, 3.8) is 0 Å². The molecule has 0 aromatic heterocycles. The van der Waals surface area contributed by atoms with Crippen LogP contribution in [0.3, 0.4) is 0 Å². The molecule has 0 atom stereocenters. The molecule has 0 heterocycles. The van der Waals surface area contributed by atoms with E-state index in [9.17, 15) is 31.5 Å². The molecule has 1 aromatic rings. The molecule has 20 heavy (non-hydrogen) atoms. The van der Waals surface area contributed by atoms with Crippen molar-refractivity contribution in [2.75, 3.05) is 6.54 Å². The van der Waals surface area contributed by atoms with E-state index in [0.717, 1.165) is 13.8 Å². The molecule has 1 aromatic carbocycles. The molecule has 1 rings (SSSR count). The summed E-state index contributed by atoms with van der Waals surface area (Å²) in [5.41, 5.74) is -1.06. The normalized spacial score (nSPS) is 10.6. The molecule has 0 N–H and O–H groups in total. The van der Waals surface area contributed by atoms with Crippen LogP contribution in [-0.2, 0) is 16.0 Å². The predicted octanol–water partition coefficient (Wildman–Crippen LogP) is 2.32. The van der Waals surface area contributed by atoms with Crippen molar-refractivity contribution in [1.29, 1.82) is 0 Å². The molecule has 0 radical (unpaired) electrons. The first-order chi connectivity index (χ1) is 9.18. The molecular formula is C12H10F5NO2. The van der Waals surface area contributed by atoms with Crippen LogP contribution in [0.15, 0.2) is 0 Å². The summed E-state index contributed by atoms with van der Waals surface area (Å²) in [4.78, 5) is 22.8. The van der Waals surface area contributed by atoms with Crippen molar-refractivity contribution in [1.82, 2.24) is 4.90 Å². The number of carbonyl (C=O) groups excluding carboxylic acids is 2. The summed E-state index contributed by atoms with van der Waals surface area (Å²) >= 11 is 0. The van der Waals surface area contributed by atoms with Crippen LogP contribution in [0.2, 0.25) is 0 Å². The minimum atomic E-state index is -2.25. The van der Waals surface area contributed by atoms with Gasteiger partial charge in [-0.25, -0.2) is 22.0 Å². The zero-order valence-corrected chi connectivity index (χ0v) is 10.6. The van der Waals surface area contributed by atoms with Gasteiger partial charge in [0.15, 0.2) is 23.3 Å². The van der Waals surface area contributed by atoms with E-state index in [1.165, 1.54) is 0 Å². The Morgan fingerprint density at radius 1 is 0.800 bits per heavy atom. The van der Waals surface area contributed by atoms with Gasteiger partial charge in [0.1, 0.15) is 0 Å². The highest BCUT2D eigenvalue weighted by Gasteiger charge is 2.26. The predicted molar refractivity (Wildman–Crippen MR) is 58.0 cm³/mol. The summed E-state index contributed by atoms with van der Waals surface area (Å²) in [7, 11) is 0. The SMILES string of the molecule is CC(=O)N(CCc1c(F)c(F)c(F)c(F)c1F)C(C)=O. The standard InChI is InChI=1S/C12H10F5NO2/c1-5(19)18(6(2)20)4-3-7-8(13)10(15)12(17)11(16)9(7)14/h3-4H2,1-2H3. The average Bonchev–Trinajstić information content (AvgIpc) is 2.37. The Morgan fingerprint density at radius 3 is 1.50 bits per heavy atom. The maximum atomic E-state index is 13.3. The average molecular weight is 295 g/mol. The van der Waals surface area contributed by atoms with Crippen molar-refractivity contribution >= 4 is 11.8 Å². The highest BCUT2D eigenvalue weighted by Crippen LogP contribution is 2.23. The van der Waals surface area contributed by atoms with Crippen LogP contribution < -0.4 is 0 Å². The van der Waals surface area contributed by atoms with E-state index >= 15 is 0 Å². The summed E-state index contributed by atoms with van der Waals surface area (Å²) in [6, 6.07) is 0. The lowest BCUT2D eigenvalue weighted by Crippen LogP contribution is -2.35. The van der Waals surface area contributed by atoms with Gasteiger partial charge in [0.25, 0.3) is 0 Å². The van der Waals surface area contributed by atoms with Gasteiger partial charge in [-0.15, -0.1) is 0 Å². The van der Waals surface area contributed by atoms with Gasteiger partial charge in [0, 0.05) is 26.0 Å². The maximum absolute atomic E-state index is 13.3. The third-order valence-electron chi connectivity index (χ3n) is 2.65. The smallest absolute Gasteiger partial charge is 0.226 e. The number of benzene rings is 1. The van der Waals surface area contributed by atoms with Crippen LogP contribution in [0.5, 0.6) is 0 Å². The number of hydrogen-bond acceptors (Lipinski definition) is 2. The van der Waals surface area contributed by atoms with Crippen molar-refractivity contribution in [3.8, 4) is 0 Å². The quantitative estimate of drug-likeness (QED) is 0.487. The highest BCUT2D eigenvalue weighted by atomic mass is 19.2. The van der Waals surface area contributed by atoms with E-state index in [0.29, 0.717) is 4.90 Å². The van der Waals surface area contributed by atoms with E-state index in [-0.39, 0.29) is 0 Å². The number of nitrogens with zero attached hydrogens (tertiary/aromatic N) is 1. The molecule has 0 aliphatic carbocycles. The fraction of sp³-hybridized carbons (Fsp3) is 0.333. The zero-order valence-electron chi connectivity index (χ0n) is 10.6. The Kier molecular flexibility index (Phi) is 4.80. The van der Waals surface area contributed by atoms with Crippen molar-refractivity contribution < 1.29 is 31.5 Å². The molecule has 0 aliphatic rings. The minimum absolute atomic E-state index is 0.483. The number of amides is 2. The van der Waals surface area contributed by atoms with Gasteiger partial charge in [-0.05, 0) is 6.42 Å². The number of halogens is 5. The topological polar surface area (TPSA) is 37.4 Å². The molecule has 0 unspecified atom stereocenters. The second kappa shape index (κ2) is 5.98. The van der Waals surface area contributed by atoms with E-state index in [1.54, 1.807) is 0 Å². The van der Waals surface area contributed by atoms with Crippen molar-refractivity contribution in [2.24, 2.45) is 0 Å². The third-order valence-corrected chi connectivity index (χ3v) is 2.65. The van der Waals surface area contributed by atoms with Crippen LogP contribution in [0, 0.1) is 29.1 Å².